The van der Waals surface area contributed by atoms with Crippen molar-refractivity contribution in [3.8, 4) is 0 Å². The maximum atomic E-state index is 11.1. The van der Waals surface area contributed by atoms with Gasteiger partial charge in [-0.2, -0.15) is 0 Å². The van der Waals surface area contributed by atoms with Gasteiger partial charge >= 0.3 is 5.97 Å². The summed E-state index contributed by atoms with van der Waals surface area (Å²) in [5.41, 5.74) is 0. The van der Waals surface area contributed by atoms with Crippen LogP contribution >= 0.6 is 0 Å². The van der Waals surface area contributed by atoms with Gasteiger partial charge in [-0.15, -0.1) is 0 Å². The molecule has 2 aliphatic rings. The maximum absolute atomic E-state index is 11.1. The molecule has 0 aromatic heterocycles. The molecule has 18 heavy (non-hydrogen) atoms. The van der Waals surface area contributed by atoms with E-state index >= 15 is 0 Å². The lowest BCUT2D eigenvalue weighted by Gasteiger charge is -2.37. The van der Waals surface area contributed by atoms with Crippen molar-refractivity contribution in [2.45, 2.75) is 51.0 Å². The van der Waals surface area contributed by atoms with Gasteiger partial charge < -0.3 is 9.84 Å². The van der Waals surface area contributed by atoms with E-state index in [0.717, 1.165) is 39.1 Å². The molecule has 4 heteroatoms. The first-order valence-corrected chi connectivity index (χ1v) is 7.31. The quantitative estimate of drug-likeness (QED) is 0.836. The number of carboxylic acids is 1. The third-order valence-corrected chi connectivity index (χ3v) is 4.23. The summed E-state index contributed by atoms with van der Waals surface area (Å²) in [4.78, 5) is 13.5. The Morgan fingerprint density at radius 3 is 2.50 bits per heavy atom. The number of likely N-dealkylation sites (tertiary alicyclic amines) is 1. The first kappa shape index (κ1) is 13.8. The molecule has 0 spiro atoms. The van der Waals surface area contributed by atoms with Gasteiger partial charge in [-0.25, -0.2) is 0 Å². The highest BCUT2D eigenvalue weighted by molar-refractivity contribution is 5.67. The van der Waals surface area contributed by atoms with Crippen LogP contribution in [0.4, 0.5) is 0 Å². The second-order valence-electron chi connectivity index (χ2n) is 5.59. The van der Waals surface area contributed by atoms with Crippen molar-refractivity contribution in [3.05, 3.63) is 0 Å². The first-order valence-electron chi connectivity index (χ1n) is 7.31. The van der Waals surface area contributed by atoms with Crippen molar-refractivity contribution >= 4 is 5.97 Å². The van der Waals surface area contributed by atoms with Crippen LogP contribution in [-0.2, 0) is 9.53 Å². The summed E-state index contributed by atoms with van der Waals surface area (Å²) in [6.07, 6.45) is 7.47. The van der Waals surface area contributed by atoms with Crippen LogP contribution in [0.15, 0.2) is 0 Å². The van der Waals surface area contributed by atoms with Crippen molar-refractivity contribution < 1.29 is 14.6 Å². The second kappa shape index (κ2) is 7.10. The molecule has 2 atom stereocenters. The Kier molecular flexibility index (Phi) is 5.45. The topological polar surface area (TPSA) is 49.8 Å². The average molecular weight is 255 g/mol. The summed E-state index contributed by atoms with van der Waals surface area (Å²) in [5.74, 6) is -0.261. The Labute approximate surface area is 109 Å². The molecule has 2 saturated heterocycles. The van der Waals surface area contributed by atoms with E-state index in [0.29, 0.717) is 5.92 Å². The molecule has 0 radical (unpaired) electrons. The molecule has 4 nitrogen and oxygen atoms in total. The Hall–Kier alpha value is -0.610. The van der Waals surface area contributed by atoms with Gasteiger partial charge in [-0.05, 0) is 44.7 Å². The number of carbonyl (C=O) groups is 1. The fourth-order valence-corrected chi connectivity index (χ4v) is 3.27. The highest BCUT2D eigenvalue weighted by atomic mass is 16.5. The number of ether oxygens (including phenoxy) is 1. The summed E-state index contributed by atoms with van der Waals surface area (Å²) < 4.78 is 5.55. The number of nitrogens with zero attached hydrogens (tertiary/aromatic N) is 1. The molecule has 104 valence electrons. The molecule has 2 heterocycles. The van der Waals surface area contributed by atoms with E-state index in [-0.39, 0.29) is 12.5 Å². The van der Waals surface area contributed by atoms with E-state index in [1.807, 2.05) is 0 Å². The normalized spacial score (nSPS) is 28.6. The largest absolute Gasteiger partial charge is 0.481 e. The van der Waals surface area contributed by atoms with Crippen molar-refractivity contribution in [3.63, 3.8) is 0 Å². The summed E-state index contributed by atoms with van der Waals surface area (Å²) in [6.45, 7) is 3.72. The Morgan fingerprint density at radius 1 is 1.22 bits per heavy atom. The van der Waals surface area contributed by atoms with Crippen molar-refractivity contribution in [2.24, 2.45) is 5.92 Å². The summed E-state index contributed by atoms with van der Waals surface area (Å²) in [7, 11) is 0. The van der Waals surface area contributed by atoms with Crippen LogP contribution in [0.3, 0.4) is 0 Å². The molecule has 0 saturated carbocycles. The summed E-state index contributed by atoms with van der Waals surface area (Å²) in [5, 5.41) is 9.15. The maximum Gasteiger partial charge on any atom is 0.304 e. The van der Waals surface area contributed by atoms with Crippen LogP contribution in [0.25, 0.3) is 0 Å². The standard InChI is InChI=1S/C14H25NO3/c16-14(17)10-13(12-6-5-9-18-11-12)15-7-3-1-2-4-8-15/h12-13H,1-11H2,(H,16,17). The SMILES string of the molecule is O=C(O)CC(C1CCCOC1)N1CCCCCC1. The molecule has 2 fully saturated rings. The summed E-state index contributed by atoms with van der Waals surface area (Å²) >= 11 is 0. The third kappa shape index (κ3) is 3.95. The smallest absolute Gasteiger partial charge is 0.304 e. The van der Waals surface area contributed by atoms with Gasteiger partial charge in [0.1, 0.15) is 0 Å². The number of rotatable bonds is 4. The van der Waals surface area contributed by atoms with Crippen LogP contribution in [-0.4, -0.2) is 48.3 Å². The molecule has 0 aliphatic carbocycles. The zero-order chi connectivity index (χ0) is 12.8. The van der Waals surface area contributed by atoms with Crippen LogP contribution in [0.1, 0.15) is 44.9 Å². The van der Waals surface area contributed by atoms with Crippen molar-refractivity contribution in [2.75, 3.05) is 26.3 Å². The van der Waals surface area contributed by atoms with Crippen molar-refractivity contribution in [1.29, 1.82) is 0 Å². The monoisotopic (exact) mass is 255 g/mol. The zero-order valence-corrected chi connectivity index (χ0v) is 11.1. The van der Waals surface area contributed by atoms with Crippen LogP contribution in [0.5, 0.6) is 0 Å². The number of carboxylic acid groups (broad SMARTS) is 1. The van der Waals surface area contributed by atoms with Gasteiger partial charge in [-0.1, -0.05) is 12.8 Å². The van der Waals surface area contributed by atoms with Crippen LogP contribution in [0, 0.1) is 5.92 Å². The minimum absolute atomic E-state index is 0.181. The second-order valence-corrected chi connectivity index (χ2v) is 5.59. The Morgan fingerprint density at radius 2 is 1.94 bits per heavy atom. The van der Waals surface area contributed by atoms with E-state index in [9.17, 15) is 4.79 Å². The average Bonchev–Trinajstić information content (AvgIpc) is 2.65. The Balaban J connectivity index is 1.99. The molecular weight excluding hydrogens is 230 g/mol. The van der Waals surface area contributed by atoms with Gasteiger partial charge in [0.2, 0.25) is 0 Å². The van der Waals surface area contributed by atoms with Crippen LogP contribution in [0.2, 0.25) is 0 Å². The van der Waals surface area contributed by atoms with Crippen LogP contribution < -0.4 is 0 Å². The molecule has 2 aliphatic heterocycles. The predicted octanol–water partition coefficient (Wildman–Crippen LogP) is 2.13. The molecule has 1 N–H and O–H groups in total. The molecule has 2 unspecified atom stereocenters. The fourth-order valence-electron chi connectivity index (χ4n) is 3.27. The molecule has 0 aromatic carbocycles. The van der Waals surface area contributed by atoms with Gasteiger partial charge in [-0.3, -0.25) is 9.69 Å². The van der Waals surface area contributed by atoms with E-state index in [1.165, 1.54) is 25.7 Å². The van der Waals surface area contributed by atoms with E-state index in [4.69, 9.17) is 9.84 Å². The van der Waals surface area contributed by atoms with Crippen molar-refractivity contribution in [1.82, 2.24) is 4.90 Å². The fraction of sp³-hybridized carbons (Fsp3) is 0.929. The lowest BCUT2D eigenvalue weighted by molar-refractivity contribution is -0.139. The Bertz CT molecular complexity index is 256. The van der Waals surface area contributed by atoms with E-state index < -0.39 is 5.97 Å². The highest BCUT2D eigenvalue weighted by Gasteiger charge is 2.31. The third-order valence-electron chi connectivity index (χ3n) is 4.23. The zero-order valence-electron chi connectivity index (χ0n) is 11.1. The van der Waals surface area contributed by atoms with E-state index in [1.54, 1.807) is 0 Å². The predicted molar refractivity (Wildman–Crippen MR) is 69.6 cm³/mol. The minimum Gasteiger partial charge on any atom is -0.481 e. The van der Waals surface area contributed by atoms with Gasteiger partial charge in [0, 0.05) is 12.6 Å². The van der Waals surface area contributed by atoms with Gasteiger partial charge in [0.15, 0.2) is 0 Å². The molecule has 0 aromatic rings. The summed E-state index contributed by atoms with van der Waals surface area (Å²) in [6, 6.07) is 0.181. The highest BCUT2D eigenvalue weighted by Crippen LogP contribution is 2.26. The lowest BCUT2D eigenvalue weighted by atomic mass is 9.90. The first-order chi connectivity index (χ1) is 8.77. The molecule has 0 bridgehead atoms. The van der Waals surface area contributed by atoms with Gasteiger partial charge in [0.25, 0.3) is 0 Å². The molecule has 0 amide bonds. The number of hydrogen-bond acceptors (Lipinski definition) is 3. The lowest BCUT2D eigenvalue weighted by Crippen LogP contribution is -2.45. The van der Waals surface area contributed by atoms with Gasteiger partial charge in [0.05, 0.1) is 13.0 Å². The minimum atomic E-state index is -0.671. The number of hydrogen-bond donors (Lipinski definition) is 1. The number of aliphatic carboxylic acids is 1. The molecule has 2 rings (SSSR count). The van der Waals surface area contributed by atoms with E-state index in [2.05, 4.69) is 4.90 Å². The molecular formula is C14H25NO3.